The van der Waals surface area contributed by atoms with Gasteiger partial charge >= 0.3 is 0 Å². The zero-order valence-corrected chi connectivity index (χ0v) is 14.9. The van der Waals surface area contributed by atoms with E-state index in [-0.39, 0.29) is 5.91 Å². The normalized spacial score (nSPS) is 10.8. The maximum absolute atomic E-state index is 12.2. The van der Waals surface area contributed by atoms with Crippen molar-refractivity contribution in [1.29, 1.82) is 0 Å². The Morgan fingerprint density at radius 3 is 2.76 bits per heavy atom. The third kappa shape index (κ3) is 3.91. The molecule has 0 aliphatic carbocycles. The van der Waals surface area contributed by atoms with Crippen LogP contribution in [-0.4, -0.2) is 33.9 Å². The molecule has 0 aliphatic heterocycles. The number of nitrogens with one attached hydrogen (secondary N) is 3. The van der Waals surface area contributed by atoms with Crippen LogP contribution in [0.4, 0.5) is 5.95 Å². The van der Waals surface area contributed by atoms with Gasteiger partial charge in [0.1, 0.15) is 0 Å². The number of benzene rings is 1. The minimum Gasteiger partial charge on any atom is -0.358 e. The van der Waals surface area contributed by atoms with Crippen molar-refractivity contribution in [3.05, 3.63) is 52.4 Å². The Morgan fingerprint density at radius 2 is 2.04 bits per heavy atom. The number of hydrogen-bond acceptors (Lipinski definition) is 4. The first-order valence-corrected chi connectivity index (χ1v) is 8.57. The number of anilines is 1. The van der Waals surface area contributed by atoms with E-state index in [1.54, 1.807) is 0 Å². The van der Waals surface area contributed by atoms with Crippen molar-refractivity contribution in [2.24, 2.45) is 0 Å². The number of fused-ring (bicyclic) bond motifs is 1. The number of H-pyrrole nitrogens is 1. The Labute approximate surface area is 151 Å². The third-order valence-electron chi connectivity index (χ3n) is 3.99. The molecule has 0 saturated carbocycles. The van der Waals surface area contributed by atoms with Crippen molar-refractivity contribution in [3.63, 3.8) is 0 Å². The highest BCUT2D eigenvalue weighted by Gasteiger charge is 2.11. The molecule has 2 heterocycles. The number of aryl methyl sites for hydroxylation is 1. The van der Waals surface area contributed by atoms with Gasteiger partial charge in [0, 0.05) is 47.1 Å². The standard InChI is InChI=1S/C18H20ClN5O/c1-3-20-18-22-9-12(10-23-18)17(25)21-7-6-14-11(2)24-16-5-4-13(19)8-15(14)16/h4-5,8-10,24H,3,6-7H2,1-2H3,(H,21,25)(H,20,22,23). The van der Waals surface area contributed by atoms with Crippen LogP contribution in [0, 0.1) is 6.92 Å². The van der Waals surface area contributed by atoms with Crippen molar-refractivity contribution in [3.8, 4) is 0 Å². The Kier molecular flexibility index (Phi) is 5.19. The molecular formula is C18H20ClN5O. The molecule has 0 aliphatic rings. The summed E-state index contributed by atoms with van der Waals surface area (Å²) in [4.78, 5) is 23.8. The van der Waals surface area contributed by atoms with Gasteiger partial charge in [-0.25, -0.2) is 9.97 Å². The fraction of sp³-hybridized carbons (Fsp3) is 0.278. The Balaban J connectivity index is 1.63. The molecule has 0 atom stereocenters. The number of halogens is 1. The van der Waals surface area contributed by atoms with E-state index in [0.717, 1.165) is 28.7 Å². The summed E-state index contributed by atoms with van der Waals surface area (Å²) in [5.74, 6) is 0.337. The minimum absolute atomic E-state index is 0.182. The van der Waals surface area contributed by atoms with Crippen molar-refractivity contribution in [1.82, 2.24) is 20.3 Å². The molecule has 2 aromatic heterocycles. The van der Waals surface area contributed by atoms with Crippen LogP contribution in [0.5, 0.6) is 0 Å². The van der Waals surface area contributed by atoms with Crippen LogP contribution in [-0.2, 0) is 6.42 Å². The summed E-state index contributed by atoms with van der Waals surface area (Å²) in [5, 5.41) is 7.70. The lowest BCUT2D eigenvalue weighted by Crippen LogP contribution is -2.26. The van der Waals surface area contributed by atoms with E-state index in [1.165, 1.54) is 12.4 Å². The Hall–Kier alpha value is -2.60. The van der Waals surface area contributed by atoms with Crippen molar-refractivity contribution in [2.75, 3.05) is 18.4 Å². The van der Waals surface area contributed by atoms with Crippen molar-refractivity contribution >= 4 is 34.4 Å². The number of carbonyl (C=O) groups excluding carboxylic acids is 1. The number of carbonyl (C=O) groups is 1. The molecule has 6 nitrogen and oxygen atoms in total. The lowest BCUT2D eigenvalue weighted by atomic mass is 10.1. The van der Waals surface area contributed by atoms with Gasteiger partial charge in [0.15, 0.2) is 0 Å². The second kappa shape index (κ2) is 7.53. The number of aromatic nitrogens is 3. The second-order valence-corrected chi connectivity index (χ2v) is 6.19. The topological polar surface area (TPSA) is 82.7 Å². The molecule has 7 heteroatoms. The first-order chi connectivity index (χ1) is 12.1. The maximum atomic E-state index is 12.2. The van der Waals surface area contributed by atoms with E-state index >= 15 is 0 Å². The molecular weight excluding hydrogens is 338 g/mol. The van der Waals surface area contributed by atoms with Gasteiger partial charge in [0.05, 0.1) is 5.56 Å². The van der Waals surface area contributed by atoms with Crippen LogP contribution >= 0.6 is 11.6 Å². The number of aromatic amines is 1. The highest BCUT2D eigenvalue weighted by molar-refractivity contribution is 6.31. The molecule has 0 fully saturated rings. The highest BCUT2D eigenvalue weighted by atomic mass is 35.5. The van der Waals surface area contributed by atoms with Crippen LogP contribution in [0.2, 0.25) is 5.02 Å². The van der Waals surface area contributed by atoms with Crippen LogP contribution in [0.25, 0.3) is 10.9 Å². The lowest BCUT2D eigenvalue weighted by Gasteiger charge is -2.06. The number of nitrogens with zero attached hydrogens (tertiary/aromatic N) is 2. The molecule has 0 unspecified atom stereocenters. The smallest absolute Gasteiger partial charge is 0.254 e. The summed E-state index contributed by atoms with van der Waals surface area (Å²) in [7, 11) is 0. The maximum Gasteiger partial charge on any atom is 0.254 e. The summed E-state index contributed by atoms with van der Waals surface area (Å²) in [6.45, 7) is 5.25. The molecule has 0 bridgehead atoms. The summed E-state index contributed by atoms with van der Waals surface area (Å²) >= 11 is 6.10. The average Bonchev–Trinajstić information content (AvgIpc) is 2.91. The molecule has 1 aromatic carbocycles. The van der Waals surface area contributed by atoms with Crippen molar-refractivity contribution in [2.45, 2.75) is 20.3 Å². The minimum atomic E-state index is -0.182. The number of amides is 1. The molecule has 1 amide bonds. The van der Waals surface area contributed by atoms with Gasteiger partial charge in [-0.1, -0.05) is 11.6 Å². The fourth-order valence-electron chi connectivity index (χ4n) is 2.77. The van der Waals surface area contributed by atoms with Gasteiger partial charge < -0.3 is 15.6 Å². The van der Waals surface area contributed by atoms with Gasteiger partial charge in [-0.2, -0.15) is 0 Å². The summed E-state index contributed by atoms with van der Waals surface area (Å²) in [6, 6.07) is 5.78. The molecule has 3 N–H and O–H groups in total. The van der Waals surface area contributed by atoms with Crippen LogP contribution in [0.15, 0.2) is 30.6 Å². The van der Waals surface area contributed by atoms with Gasteiger partial charge in [0.25, 0.3) is 5.91 Å². The summed E-state index contributed by atoms with van der Waals surface area (Å²) < 4.78 is 0. The molecule has 3 aromatic rings. The Morgan fingerprint density at radius 1 is 1.28 bits per heavy atom. The van der Waals surface area contributed by atoms with Crippen LogP contribution < -0.4 is 10.6 Å². The fourth-order valence-corrected chi connectivity index (χ4v) is 2.95. The molecule has 0 saturated heterocycles. The first-order valence-electron chi connectivity index (χ1n) is 8.19. The largest absolute Gasteiger partial charge is 0.358 e. The number of rotatable bonds is 6. The van der Waals surface area contributed by atoms with Crippen molar-refractivity contribution < 1.29 is 4.79 Å². The molecule has 0 spiro atoms. The van der Waals surface area contributed by atoms with E-state index in [1.807, 2.05) is 32.0 Å². The van der Waals surface area contributed by atoms with Crippen LogP contribution in [0.1, 0.15) is 28.5 Å². The van der Waals surface area contributed by atoms with Gasteiger partial charge in [-0.15, -0.1) is 0 Å². The predicted molar refractivity (Wildman–Crippen MR) is 100 cm³/mol. The van der Waals surface area contributed by atoms with Gasteiger partial charge in [-0.05, 0) is 44.0 Å². The quantitative estimate of drug-likeness (QED) is 0.632. The van der Waals surface area contributed by atoms with E-state index in [0.29, 0.717) is 29.5 Å². The summed E-state index contributed by atoms with van der Waals surface area (Å²) in [5.41, 5.74) is 3.75. The first kappa shape index (κ1) is 17.2. The SMILES string of the molecule is CCNc1ncc(C(=O)NCCc2c(C)[nH]c3ccc(Cl)cc23)cn1. The molecule has 0 radical (unpaired) electrons. The second-order valence-electron chi connectivity index (χ2n) is 5.75. The lowest BCUT2D eigenvalue weighted by molar-refractivity contribution is 0.0953. The molecule has 130 valence electrons. The zero-order chi connectivity index (χ0) is 17.8. The van der Waals surface area contributed by atoms with E-state index < -0.39 is 0 Å². The zero-order valence-electron chi connectivity index (χ0n) is 14.2. The van der Waals surface area contributed by atoms with Crippen LogP contribution in [0.3, 0.4) is 0 Å². The van der Waals surface area contributed by atoms with E-state index in [9.17, 15) is 4.79 Å². The number of hydrogen-bond donors (Lipinski definition) is 3. The van der Waals surface area contributed by atoms with Gasteiger partial charge in [0.2, 0.25) is 5.95 Å². The predicted octanol–water partition coefficient (Wildman–Crippen LogP) is 3.32. The average molecular weight is 358 g/mol. The molecule has 25 heavy (non-hydrogen) atoms. The molecule has 3 rings (SSSR count). The highest BCUT2D eigenvalue weighted by Crippen LogP contribution is 2.25. The van der Waals surface area contributed by atoms with E-state index in [4.69, 9.17) is 11.6 Å². The summed E-state index contributed by atoms with van der Waals surface area (Å²) in [6.07, 6.45) is 3.77. The Bertz CT molecular complexity index is 888. The van der Waals surface area contributed by atoms with Gasteiger partial charge in [-0.3, -0.25) is 4.79 Å². The third-order valence-corrected chi connectivity index (χ3v) is 4.23. The van der Waals surface area contributed by atoms with E-state index in [2.05, 4.69) is 25.6 Å². The monoisotopic (exact) mass is 357 g/mol.